The molecule has 0 aromatic carbocycles. The van der Waals surface area contributed by atoms with Gasteiger partial charge in [-0.1, -0.05) is 11.6 Å². The molecule has 0 saturated carbocycles. The first-order valence-electron chi connectivity index (χ1n) is 4.85. The summed E-state index contributed by atoms with van der Waals surface area (Å²) in [6.07, 6.45) is 3.17. The summed E-state index contributed by atoms with van der Waals surface area (Å²) >= 11 is 5.78. The number of hydrogen-bond donors (Lipinski definition) is 3. The normalized spacial score (nSPS) is 12.5. The fourth-order valence-corrected chi connectivity index (χ4v) is 1.37. The highest BCUT2D eigenvalue weighted by atomic mass is 35.5. The largest absolute Gasteiger partial charge is 0.366 e. The molecule has 1 unspecified atom stereocenters. The Morgan fingerprint density at radius 2 is 2.47 bits per heavy atom. The molecule has 15 heavy (non-hydrogen) atoms. The van der Waals surface area contributed by atoms with Crippen LogP contribution < -0.4 is 16.6 Å². The minimum absolute atomic E-state index is 0.0945. The molecule has 0 saturated heterocycles. The van der Waals surface area contributed by atoms with Crippen LogP contribution in [0.3, 0.4) is 0 Å². The van der Waals surface area contributed by atoms with E-state index in [4.69, 9.17) is 17.3 Å². The van der Waals surface area contributed by atoms with Crippen LogP contribution in [0.1, 0.15) is 19.8 Å². The number of aromatic nitrogens is 2. The van der Waals surface area contributed by atoms with Crippen LogP contribution in [0.4, 0.5) is 5.82 Å². The zero-order valence-corrected chi connectivity index (χ0v) is 9.34. The first-order chi connectivity index (χ1) is 7.15. The van der Waals surface area contributed by atoms with E-state index in [9.17, 15) is 4.79 Å². The summed E-state index contributed by atoms with van der Waals surface area (Å²) in [7, 11) is 0. The molecule has 0 aliphatic carbocycles. The second kappa shape index (κ2) is 5.72. The lowest BCUT2D eigenvalue weighted by Gasteiger charge is -2.14. The maximum absolute atomic E-state index is 11.1. The molecule has 6 heteroatoms. The van der Waals surface area contributed by atoms with Crippen molar-refractivity contribution in [3.8, 4) is 0 Å². The lowest BCUT2D eigenvalue weighted by Crippen LogP contribution is -2.20. The summed E-state index contributed by atoms with van der Waals surface area (Å²) in [5.41, 5.74) is 5.07. The Morgan fingerprint density at radius 1 is 1.73 bits per heavy atom. The number of nitrogens with one attached hydrogen (secondary N) is 2. The number of anilines is 1. The SMILES string of the molecule is CC(CCCN)Nc1nc[nH]c(=O)c1Cl. The highest BCUT2D eigenvalue weighted by Crippen LogP contribution is 2.14. The van der Waals surface area contributed by atoms with Crippen molar-refractivity contribution in [1.82, 2.24) is 9.97 Å². The van der Waals surface area contributed by atoms with Crippen molar-refractivity contribution in [2.45, 2.75) is 25.8 Å². The van der Waals surface area contributed by atoms with Crippen molar-refractivity contribution in [1.29, 1.82) is 0 Å². The average Bonchev–Trinajstić information content (AvgIpc) is 2.22. The molecule has 1 heterocycles. The molecule has 0 aliphatic rings. The van der Waals surface area contributed by atoms with Gasteiger partial charge in [-0.3, -0.25) is 4.79 Å². The van der Waals surface area contributed by atoms with Crippen LogP contribution in [0.25, 0.3) is 0 Å². The van der Waals surface area contributed by atoms with Crippen molar-refractivity contribution in [2.24, 2.45) is 5.73 Å². The molecule has 0 bridgehead atoms. The van der Waals surface area contributed by atoms with Gasteiger partial charge in [0, 0.05) is 6.04 Å². The predicted molar refractivity (Wildman–Crippen MR) is 61.2 cm³/mol. The van der Waals surface area contributed by atoms with E-state index in [0.717, 1.165) is 12.8 Å². The van der Waals surface area contributed by atoms with E-state index < -0.39 is 0 Å². The summed E-state index contributed by atoms with van der Waals surface area (Å²) < 4.78 is 0. The number of hydrogen-bond acceptors (Lipinski definition) is 4. The minimum Gasteiger partial charge on any atom is -0.366 e. The quantitative estimate of drug-likeness (QED) is 0.704. The molecular formula is C9H15ClN4O. The van der Waals surface area contributed by atoms with Gasteiger partial charge in [-0.25, -0.2) is 4.98 Å². The molecule has 1 aromatic heterocycles. The third kappa shape index (κ3) is 3.53. The van der Waals surface area contributed by atoms with E-state index in [1.54, 1.807) is 0 Å². The van der Waals surface area contributed by atoms with Crippen molar-refractivity contribution in [3.05, 3.63) is 21.7 Å². The Balaban J connectivity index is 2.64. The zero-order chi connectivity index (χ0) is 11.3. The van der Waals surface area contributed by atoms with Crippen LogP contribution in [0.5, 0.6) is 0 Å². The maximum atomic E-state index is 11.1. The van der Waals surface area contributed by atoms with Crippen LogP contribution in [0.2, 0.25) is 5.02 Å². The van der Waals surface area contributed by atoms with E-state index in [1.165, 1.54) is 6.33 Å². The lowest BCUT2D eigenvalue weighted by molar-refractivity contribution is 0.660. The number of halogens is 1. The molecule has 5 nitrogen and oxygen atoms in total. The number of rotatable bonds is 5. The Bertz CT molecular complexity index is 365. The Kier molecular flexibility index (Phi) is 4.58. The molecule has 1 atom stereocenters. The van der Waals surface area contributed by atoms with Gasteiger partial charge in [-0.2, -0.15) is 0 Å². The van der Waals surface area contributed by atoms with Gasteiger partial charge in [0.15, 0.2) is 5.82 Å². The number of nitrogens with two attached hydrogens (primary N) is 1. The van der Waals surface area contributed by atoms with Crippen LogP contribution in [-0.4, -0.2) is 22.6 Å². The van der Waals surface area contributed by atoms with Crippen LogP contribution in [-0.2, 0) is 0 Å². The van der Waals surface area contributed by atoms with Gasteiger partial charge < -0.3 is 16.0 Å². The van der Waals surface area contributed by atoms with E-state index in [0.29, 0.717) is 12.4 Å². The Morgan fingerprint density at radius 3 is 3.13 bits per heavy atom. The standard InChI is InChI=1S/C9H15ClN4O/c1-6(3-2-4-11)14-8-7(10)9(15)13-5-12-8/h5-6H,2-4,11H2,1H3,(H2,12,13,14,15). The van der Waals surface area contributed by atoms with E-state index in [2.05, 4.69) is 15.3 Å². The van der Waals surface area contributed by atoms with Gasteiger partial charge >= 0.3 is 0 Å². The molecule has 1 aromatic rings. The fraction of sp³-hybridized carbons (Fsp3) is 0.556. The van der Waals surface area contributed by atoms with Gasteiger partial charge in [0.05, 0.1) is 6.33 Å². The molecule has 4 N–H and O–H groups in total. The summed E-state index contributed by atoms with van der Waals surface area (Å²) in [5, 5.41) is 3.16. The Labute approximate surface area is 93.0 Å². The average molecular weight is 231 g/mol. The Hall–Kier alpha value is -1.07. The monoisotopic (exact) mass is 230 g/mol. The van der Waals surface area contributed by atoms with Gasteiger partial charge in [0.1, 0.15) is 5.02 Å². The third-order valence-electron chi connectivity index (χ3n) is 2.02. The van der Waals surface area contributed by atoms with Gasteiger partial charge in [-0.15, -0.1) is 0 Å². The number of H-pyrrole nitrogens is 1. The van der Waals surface area contributed by atoms with Crippen molar-refractivity contribution in [2.75, 3.05) is 11.9 Å². The summed E-state index contributed by atoms with van der Waals surface area (Å²) in [5.74, 6) is 0.421. The second-order valence-electron chi connectivity index (χ2n) is 3.37. The minimum atomic E-state index is -0.333. The predicted octanol–water partition coefficient (Wildman–Crippen LogP) is 0.963. The summed E-state index contributed by atoms with van der Waals surface area (Å²) in [4.78, 5) is 17.5. The van der Waals surface area contributed by atoms with Crippen molar-refractivity contribution in [3.63, 3.8) is 0 Å². The second-order valence-corrected chi connectivity index (χ2v) is 3.75. The topological polar surface area (TPSA) is 83.8 Å². The molecule has 84 valence electrons. The lowest BCUT2D eigenvalue weighted by atomic mass is 10.2. The van der Waals surface area contributed by atoms with Gasteiger partial charge in [0.2, 0.25) is 0 Å². The summed E-state index contributed by atoms with van der Waals surface area (Å²) in [6, 6.07) is 0.195. The summed E-state index contributed by atoms with van der Waals surface area (Å²) in [6.45, 7) is 2.65. The number of nitrogens with zero attached hydrogens (tertiary/aromatic N) is 1. The molecule has 0 fully saturated rings. The molecule has 1 rings (SSSR count). The van der Waals surface area contributed by atoms with E-state index in [1.807, 2.05) is 6.92 Å². The first kappa shape index (κ1) is 12.0. The molecule has 0 amide bonds. The first-order valence-corrected chi connectivity index (χ1v) is 5.22. The zero-order valence-electron chi connectivity index (χ0n) is 8.59. The molecule has 0 aliphatic heterocycles. The van der Waals surface area contributed by atoms with Crippen LogP contribution in [0.15, 0.2) is 11.1 Å². The van der Waals surface area contributed by atoms with Crippen LogP contribution in [0, 0.1) is 0 Å². The molecular weight excluding hydrogens is 216 g/mol. The van der Waals surface area contributed by atoms with E-state index in [-0.39, 0.29) is 16.6 Å². The van der Waals surface area contributed by atoms with Crippen LogP contribution >= 0.6 is 11.6 Å². The molecule has 0 spiro atoms. The fourth-order valence-electron chi connectivity index (χ4n) is 1.21. The molecule has 0 radical (unpaired) electrons. The van der Waals surface area contributed by atoms with Gasteiger partial charge in [0.25, 0.3) is 5.56 Å². The highest BCUT2D eigenvalue weighted by molar-refractivity contribution is 6.32. The number of aromatic amines is 1. The maximum Gasteiger partial charge on any atom is 0.271 e. The smallest absolute Gasteiger partial charge is 0.271 e. The van der Waals surface area contributed by atoms with Crippen molar-refractivity contribution < 1.29 is 0 Å². The van der Waals surface area contributed by atoms with Gasteiger partial charge in [-0.05, 0) is 26.3 Å². The van der Waals surface area contributed by atoms with E-state index >= 15 is 0 Å². The van der Waals surface area contributed by atoms with Crippen molar-refractivity contribution >= 4 is 17.4 Å². The highest BCUT2D eigenvalue weighted by Gasteiger charge is 2.08. The third-order valence-corrected chi connectivity index (χ3v) is 2.37.